The number of aliphatic hydroxyl groups is 1. The molecule has 2 aromatic rings. The van der Waals surface area contributed by atoms with Crippen LogP contribution in [-0.4, -0.2) is 28.8 Å². The highest BCUT2D eigenvalue weighted by Gasteiger charge is 2.49. The molecule has 1 aliphatic rings. The third-order valence-electron chi connectivity index (χ3n) is 4.19. The van der Waals surface area contributed by atoms with Gasteiger partial charge in [0, 0.05) is 30.3 Å². The summed E-state index contributed by atoms with van der Waals surface area (Å²) in [6.07, 6.45) is -0.426. The van der Waals surface area contributed by atoms with Crippen LogP contribution in [0.5, 0.6) is 0 Å². The topological polar surface area (TPSA) is 101 Å². The van der Waals surface area contributed by atoms with Gasteiger partial charge in [-0.2, -0.15) is 0 Å². The molecule has 7 nitrogen and oxygen atoms in total. The summed E-state index contributed by atoms with van der Waals surface area (Å²) in [5.74, 6) is -1.04. The first-order chi connectivity index (χ1) is 11.3. The molecule has 1 atom stereocenters. The first kappa shape index (κ1) is 15.8. The highest BCUT2D eigenvalue weighted by atomic mass is 16.6. The molecule has 122 valence electrons. The van der Waals surface area contributed by atoms with Gasteiger partial charge < -0.3 is 10.0 Å². The van der Waals surface area contributed by atoms with E-state index in [4.69, 9.17) is 0 Å². The van der Waals surface area contributed by atoms with Crippen LogP contribution in [0.25, 0.3) is 0 Å². The number of ketones is 1. The second-order valence-corrected chi connectivity index (χ2v) is 5.65. The Hall–Kier alpha value is -3.06. The summed E-state index contributed by atoms with van der Waals surface area (Å²) >= 11 is 0. The van der Waals surface area contributed by atoms with Crippen molar-refractivity contribution in [3.8, 4) is 0 Å². The van der Waals surface area contributed by atoms with E-state index in [9.17, 15) is 24.8 Å². The van der Waals surface area contributed by atoms with Crippen molar-refractivity contribution in [1.82, 2.24) is 0 Å². The van der Waals surface area contributed by atoms with Gasteiger partial charge in [0.05, 0.1) is 17.0 Å². The fraction of sp³-hybridized carbons (Fsp3) is 0.176. The van der Waals surface area contributed by atoms with Crippen molar-refractivity contribution in [2.24, 2.45) is 0 Å². The largest absolute Gasteiger partial charge is 0.375 e. The molecule has 0 bridgehead atoms. The Morgan fingerprint density at radius 3 is 2.46 bits per heavy atom. The molecule has 0 radical (unpaired) electrons. The molecule has 0 saturated heterocycles. The van der Waals surface area contributed by atoms with Crippen LogP contribution in [0.3, 0.4) is 0 Å². The van der Waals surface area contributed by atoms with E-state index in [1.165, 1.54) is 36.2 Å². The zero-order chi connectivity index (χ0) is 17.5. The van der Waals surface area contributed by atoms with E-state index in [0.29, 0.717) is 11.3 Å². The smallest absolute Gasteiger partial charge is 0.269 e. The van der Waals surface area contributed by atoms with Crippen LogP contribution < -0.4 is 4.90 Å². The zero-order valence-electron chi connectivity index (χ0n) is 12.8. The van der Waals surface area contributed by atoms with Gasteiger partial charge >= 0.3 is 0 Å². The molecular formula is C17H14N2O5. The number of nitro benzene ring substituents is 1. The minimum absolute atomic E-state index is 0.132. The van der Waals surface area contributed by atoms with Crippen molar-refractivity contribution >= 4 is 23.1 Å². The van der Waals surface area contributed by atoms with E-state index in [0.717, 1.165) is 0 Å². The average molecular weight is 326 g/mol. The van der Waals surface area contributed by atoms with Gasteiger partial charge in [0.2, 0.25) is 0 Å². The predicted octanol–water partition coefficient (Wildman–Crippen LogP) is 2.03. The van der Waals surface area contributed by atoms with Crippen LogP contribution in [0.2, 0.25) is 0 Å². The second kappa shape index (κ2) is 5.54. The molecule has 0 unspecified atom stereocenters. The molecule has 0 aliphatic carbocycles. The Balaban J connectivity index is 1.91. The normalized spacial score (nSPS) is 19.2. The van der Waals surface area contributed by atoms with Crippen molar-refractivity contribution in [2.45, 2.75) is 12.0 Å². The van der Waals surface area contributed by atoms with Crippen molar-refractivity contribution in [2.75, 3.05) is 11.9 Å². The molecule has 0 fully saturated rings. The Kier molecular flexibility index (Phi) is 3.65. The van der Waals surface area contributed by atoms with E-state index in [1.54, 1.807) is 24.3 Å². The van der Waals surface area contributed by atoms with E-state index < -0.39 is 28.6 Å². The van der Waals surface area contributed by atoms with Crippen LogP contribution in [0.4, 0.5) is 11.4 Å². The lowest BCUT2D eigenvalue weighted by Gasteiger charge is -2.21. The maximum Gasteiger partial charge on any atom is 0.269 e. The lowest BCUT2D eigenvalue weighted by Crippen LogP contribution is -2.40. The SMILES string of the molecule is CN1C(=O)[C@@](O)(CC(=O)c2ccc([N+](=O)[O-])cc2)c2ccccc21. The molecule has 1 amide bonds. The number of rotatable bonds is 4. The monoisotopic (exact) mass is 326 g/mol. The van der Waals surface area contributed by atoms with Gasteiger partial charge in [0.15, 0.2) is 11.4 Å². The first-order valence-electron chi connectivity index (χ1n) is 7.22. The van der Waals surface area contributed by atoms with E-state index in [2.05, 4.69) is 0 Å². The highest BCUT2D eigenvalue weighted by molar-refractivity contribution is 6.10. The fourth-order valence-electron chi connectivity index (χ4n) is 2.89. The van der Waals surface area contributed by atoms with Crippen LogP contribution in [0.1, 0.15) is 22.3 Å². The average Bonchev–Trinajstić information content (AvgIpc) is 2.77. The molecule has 1 N–H and O–H groups in total. The Morgan fingerprint density at radius 2 is 1.83 bits per heavy atom. The molecule has 3 rings (SSSR count). The number of amides is 1. The van der Waals surface area contributed by atoms with Gasteiger partial charge in [0.1, 0.15) is 0 Å². The lowest BCUT2D eigenvalue weighted by atomic mass is 9.88. The van der Waals surface area contributed by atoms with Crippen molar-refractivity contribution < 1.29 is 19.6 Å². The van der Waals surface area contributed by atoms with Crippen LogP contribution in [0.15, 0.2) is 48.5 Å². The van der Waals surface area contributed by atoms with Crippen molar-refractivity contribution in [3.05, 3.63) is 69.8 Å². The number of nitrogens with zero attached hydrogens (tertiary/aromatic N) is 2. The minimum atomic E-state index is -1.93. The quantitative estimate of drug-likeness (QED) is 0.526. The number of fused-ring (bicyclic) bond motifs is 1. The van der Waals surface area contributed by atoms with E-state index in [1.807, 2.05) is 0 Å². The summed E-state index contributed by atoms with van der Waals surface area (Å²) in [7, 11) is 1.54. The third-order valence-corrected chi connectivity index (χ3v) is 4.19. The van der Waals surface area contributed by atoms with E-state index in [-0.39, 0.29) is 11.3 Å². The van der Waals surface area contributed by atoms with Gasteiger partial charge in [-0.1, -0.05) is 18.2 Å². The summed E-state index contributed by atoms with van der Waals surface area (Å²) in [5, 5.41) is 21.5. The Labute approximate surface area is 137 Å². The molecule has 0 aromatic heterocycles. The Morgan fingerprint density at radius 1 is 1.21 bits per heavy atom. The van der Waals surface area contributed by atoms with E-state index >= 15 is 0 Å². The maximum atomic E-state index is 12.4. The van der Waals surface area contributed by atoms with Gasteiger partial charge in [-0.3, -0.25) is 19.7 Å². The molecular weight excluding hydrogens is 312 g/mol. The van der Waals surface area contributed by atoms with Gasteiger partial charge in [-0.25, -0.2) is 0 Å². The summed E-state index contributed by atoms with van der Waals surface area (Å²) in [4.78, 5) is 36.3. The highest BCUT2D eigenvalue weighted by Crippen LogP contribution is 2.41. The van der Waals surface area contributed by atoms with Gasteiger partial charge in [0.25, 0.3) is 11.6 Å². The molecule has 1 aliphatic heterocycles. The third kappa shape index (κ3) is 2.35. The number of benzene rings is 2. The number of likely N-dealkylation sites (N-methyl/N-ethyl adjacent to an activating group) is 1. The predicted molar refractivity (Wildman–Crippen MR) is 85.8 cm³/mol. The number of Topliss-reactive ketones (excluding diaryl/α,β-unsaturated/α-hetero) is 1. The first-order valence-corrected chi connectivity index (χ1v) is 7.22. The number of para-hydroxylation sites is 1. The standard InChI is InChI=1S/C17H14N2O5/c1-18-14-5-3-2-4-13(14)17(22,16(18)21)10-15(20)11-6-8-12(9-7-11)19(23)24/h2-9,22H,10H2,1H3/t17-/m1/s1. The number of nitro groups is 1. The molecule has 24 heavy (non-hydrogen) atoms. The number of hydrogen-bond acceptors (Lipinski definition) is 5. The molecule has 2 aromatic carbocycles. The minimum Gasteiger partial charge on any atom is -0.375 e. The van der Waals surface area contributed by atoms with Crippen LogP contribution >= 0.6 is 0 Å². The molecule has 0 spiro atoms. The number of anilines is 1. The maximum absolute atomic E-state index is 12.4. The van der Waals surface area contributed by atoms with Crippen LogP contribution in [0, 0.1) is 10.1 Å². The second-order valence-electron chi connectivity index (χ2n) is 5.65. The summed E-state index contributed by atoms with van der Waals surface area (Å²) in [6.45, 7) is 0. The molecule has 1 heterocycles. The van der Waals surface area contributed by atoms with Crippen molar-refractivity contribution in [3.63, 3.8) is 0 Å². The Bertz CT molecular complexity index is 846. The molecule has 0 saturated carbocycles. The summed E-state index contributed by atoms with van der Waals surface area (Å²) in [5.41, 5.74) is -0.917. The fourth-order valence-corrected chi connectivity index (χ4v) is 2.89. The number of carbonyl (C=O) groups is 2. The zero-order valence-corrected chi connectivity index (χ0v) is 12.8. The summed E-state index contributed by atoms with van der Waals surface area (Å²) < 4.78 is 0. The van der Waals surface area contributed by atoms with Crippen LogP contribution in [-0.2, 0) is 10.4 Å². The number of hydrogen-bond donors (Lipinski definition) is 1. The lowest BCUT2D eigenvalue weighted by molar-refractivity contribution is -0.384. The van der Waals surface area contributed by atoms with Gasteiger partial charge in [-0.15, -0.1) is 0 Å². The number of non-ortho nitro benzene ring substituents is 1. The molecule has 7 heteroatoms. The van der Waals surface area contributed by atoms with Crippen molar-refractivity contribution in [1.29, 1.82) is 0 Å². The summed E-state index contributed by atoms with van der Waals surface area (Å²) in [6, 6.07) is 11.8. The number of carbonyl (C=O) groups excluding carboxylic acids is 2. The van der Waals surface area contributed by atoms with Gasteiger partial charge in [-0.05, 0) is 18.2 Å².